The molecule has 0 saturated carbocycles. The molecule has 0 nitrogen and oxygen atoms in total. The summed E-state index contributed by atoms with van der Waals surface area (Å²) in [4.78, 5) is 0. The molecule has 1 aliphatic rings. The van der Waals surface area contributed by atoms with Crippen molar-refractivity contribution in [1.82, 2.24) is 0 Å². The molecule has 37 heavy (non-hydrogen) atoms. The molecule has 0 saturated heterocycles. The van der Waals surface area contributed by atoms with E-state index in [1.165, 1.54) is 38.1 Å². The van der Waals surface area contributed by atoms with Crippen molar-refractivity contribution in [3.63, 3.8) is 0 Å². The number of halogens is 10. The van der Waals surface area contributed by atoms with E-state index < -0.39 is 85.8 Å². The van der Waals surface area contributed by atoms with Crippen molar-refractivity contribution in [1.29, 1.82) is 0 Å². The van der Waals surface area contributed by atoms with Gasteiger partial charge in [-0.1, -0.05) is 47.5 Å². The molecule has 0 aliphatic heterocycles. The Morgan fingerprint density at radius 3 is 0.973 bits per heavy atom. The molecule has 0 amide bonds. The fourth-order valence-electron chi connectivity index (χ4n) is 5.08. The molecule has 0 N–H and O–H groups in total. The molecule has 0 bridgehead atoms. The molecule has 0 unspecified atom stereocenters. The Bertz CT molecular complexity index is 1470. The minimum absolute atomic E-state index is 0.0356. The summed E-state index contributed by atoms with van der Waals surface area (Å²) in [6.07, 6.45) is 0. The summed E-state index contributed by atoms with van der Waals surface area (Å²) >= 11 is 0. The molecule has 0 heterocycles. The summed E-state index contributed by atoms with van der Waals surface area (Å²) in [7, 11) is 0. The molecule has 0 spiro atoms. The lowest BCUT2D eigenvalue weighted by Crippen LogP contribution is -2.36. The summed E-state index contributed by atoms with van der Waals surface area (Å²) in [5.41, 5.74) is -6.89. The standard InChI is InChI=1S/C27H12F10/c1-9-3-5-11-12-6-4-10(2)8-14(12)27(13(11)7-9,15-17(28)21(32)25(36)22(33)18(15)29)16-19(30)23(34)26(37)24(35)20(16)31/h3-8H,1-2H3. The van der Waals surface area contributed by atoms with Gasteiger partial charge in [0.15, 0.2) is 46.5 Å². The summed E-state index contributed by atoms with van der Waals surface area (Å²) in [6, 6.07) is 7.99. The Kier molecular flexibility index (Phi) is 5.44. The Labute approximate surface area is 202 Å². The van der Waals surface area contributed by atoms with Gasteiger partial charge in [-0.25, -0.2) is 43.9 Å². The molecule has 5 rings (SSSR count). The SMILES string of the molecule is Cc1ccc2c(c1)C(c1c(F)c(F)c(F)c(F)c1F)(c1c(F)c(F)c(F)c(F)c1F)c1cc(C)ccc1-2. The summed E-state index contributed by atoms with van der Waals surface area (Å²) in [6.45, 7) is 2.91. The van der Waals surface area contributed by atoms with Gasteiger partial charge in [-0.3, -0.25) is 0 Å². The zero-order chi connectivity index (χ0) is 27.1. The van der Waals surface area contributed by atoms with E-state index in [-0.39, 0.29) is 11.1 Å². The minimum Gasteiger partial charge on any atom is -0.203 e. The first kappa shape index (κ1) is 24.9. The number of aryl methyl sites for hydroxylation is 2. The lowest BCUT2D eigenvalue weighted by atomic mass is 9.66. The summed E-state index contributed by atoms with van der Waals surface area (Å²) in [5, 5.41) is 0. The first-order valence-electron chi connectivity index (χ1n) is 10.6. The van der Waals surface area contributed by atoms with Crippen molar-refractivity contribution in [3.8, 4) is 11.1 Å². The second-order valence-electron chi connectivity index (χ2n) is 8.74. The van der Waals surface area contributed by atoms with Gasteiger partial charge in [0.05, 0.1) is 5.41 Å². The largest absolute Gasteiger partial charge is 0.203 e. The van der Waals surface area contributed by atoms with Crippen molar-refractivity contribution in [3.05, 3.63) is 128 Å². The lowest BCUT2D eigenvalue weighted by Gasteiger charge is -2.35. The molecule has 1 aliphatic carbocycles. The van der Waals surface area contributed by atoms with E-state index in [1.54, 1.807) is 0 Å². The van der Waals surface area contributed by atoms with Crippen LogP contribution in [0.15, 0.2) is 36.4 Å². The maximum Gasteiger partial charge on any atom is 0.200 e. The van der Waals surface area contributed by atoms with E-state index in [2.05, 4.69) is 0 Å². The normalized spacial score (nSPS) is 13.6. The van der Waals surface area contributed by atoms with Gasteiger partial charge in [0.2, 0.25) is 11.6 Å². The lowest BCUT2D eigenvalue weighted by molar-refractivity contribution is 0.347. The number of rotatable bonds is 2. The summed E-state index contributed by atoms with van der Waals surface area (Å²) < 4.78 is 148. The van der Waals surface area contributed by atoms with E-state index in [0.29, 0.717) is 11.1 Å². The predicted molar refractivity (Wildman–Crippen MR) is 113 cm³/mol. The Hall–Kier alpha value is -3.82. The van der Waals surface area contributed by atoms with E-state index in [0.717, 1.165) is 12.1 Å². The van der Waals surface area contributed by atoms with Crippen LogP contribution in [0.3, 0.4) is 0 Å². The van der Waals surface area contributed by atoms with E-state index in [4.69, 9.17) is 0 Å². The molecule has 4 aromatic rings. The van der Waals surface area contributed by atoms with Crippen LogP contribution in [0.4, 0.5) is 43.9 Å². The minimum atomic E-state index is -3.16. The molecule has 0 atom stereocenters. The van der Waals surface area contributed by atoms with Gasteiger partial charge in [0.25, 0.3) is 0 Å². The Balaban J connectivity index is 2.18. The van der Waals surface area contributed by atoms with Crippen LogP contribution in [0.2, 0.25) is 0 Å². The van der Waals surface area contributed by atoms with Crippen LogP contribution in [0, 0.1) is 72.0 Å². The highest BCUT2D eigenvalue weighted by Crippen LogP contribution is 2.59. The maximum absolute atomic E-state index is 15.5. The first-order valence-corrected chi connectivity index (χ1v) is 10.6. The topological polar surface area (TPSA) is 0 Å². The van der Waals surface area contributed by atoms with Crippen LogP contribution in [-0.4, -0.2) is 0 Å². The van der Waals surface area contributed by atoms with Crippen molar-refractivity contribution in [2.45, 2.75) is 19.3 Å². The van der Waals surface area contributed by atoms with Gasteiger partial charge >= 0.3 is 0 Å². The van der Waals surface area contributed by atoms with Crippen LogP contribution >= 0.6 is 0 Å². The highest BCUT2D eigenvalue weighted by Gasteiger charge is 2.55. The molecule has 10 heteroatoms. The molecule has 4 aromatic carbocycles. The summed E-state index contributed by atoms with van der Waals surface area (Å²) in [5.74, 6) is -24.9. The predicted octanol–water partition coefficient (Wildman–Crippen LogP) is 8.06. The molecular formula is C27H12F10. The number of fused-ring (bicyclic) bond motifs is 3. The van der Waals surface area contributed by atoms with Gasteiger partial charge in [0, 0.05) is 11.1 Å². The van der Waals surface area contributed by atoms with E-state index in [9.17, 15) is 26.3 Å². The second-order valence-corrected chi connectivity index (χ2v) is 8.74. The van der Waals surface area contributed by atoms with E-state index >= 15 is 17.6 Å². The van der Waals surface area contributed by atoms with E-state index in [1.807, 2.05) is 0 Å². The smallest absolute Gasteiger partial charge is 0.200 e. The molecular weight excluding hydrogens is 514 g/mol. The molecule has 0 radical (unpaired) electrons. The van der Waals surface area contributed by atoms with Gasteiger partial charge in [-0.2, -0.15) is 0 Å². The third-order valence-electron chi connectivity index (χ3n) is 6.62. The fraction of sp³-hybridized carbons (Fsp3) is 0.111. The highest BCUT2D eigenvalue weighted by molar-refractivity contribution is 5.87. The third kappa shape index (κ3) is 3.04. The zero-order valence-corrected chi connectivity index (χ0v) is 18.7. The van der Waals surface area contributed by atoms with Crippen LogP contribution in [0.25, 0.3) is 11.1 Å². The second kappa shape index (κ2) is 8.09. The van der Waals surface area contributed by atoms with Crippen LogP contribution < -0.4 is 0 Å². The third-order valence-corrected chi connectivity index (χ3v) is 6.62. The van der Waals surface area contributed by atoms with Crippen LogP contribution in [0.5, 0.6) is 0 Å². The van der Waals surface area contributed by atoms with Gasteiger partial charge in [0.1, 0.15) is 0 Å². The van der Waals surface area contributed by atoms with Crippen LogP contribution in [-0.2, 0) is 5.41 Å². The van der Waals surface area contributed by atoms with Crippen molar-refractivity contribution >= 4 is 0 Å². The monoisotopic (exact) mass is 526 g/mol. The average molecular weight is 526 g/mol. The van der Waals surface area contributed by atoms with Gasteiger partial charge in [-0.05, 0) is 36.1 Å². The van der Waals surface area contributed by atoms with Crippen LogP contribution in [0.1, 0.15) is 33.4 Å². The van der Waals surface area contributed by atoms with Crippen molar-refractivity contribution in [2.24, 2.45) is 0 Å². The number of benzene rings is 4. The Morgan fingerprint density at radius 2 is 0.676 bits per heavy atom. The first-order chi connectivity index (χ1) is 17.3. The molecule has 0 aromatic heterocycles. The van der Waals surface area contributed by atoms with Gasteiger partial charge < -0.3 is 0 Å². The van der Waals surface area contributed by atoms with Crippen molar-refractivity contribution < 1.29 is 43.9 Å². The van der Waals surface area contributed by atoms with Crippen molar-refractivity contribution in [2.75, 3.05) is 0 Å². The average Bonchev–Trinajstić information content (AvgIpc) is 3.13. The van der Waals surface area contributed by atoms with Gasteiger partial charge in [-0.15, -0.1) is 0 Å². The number of hydrogen-bond acceptors (Lipinski definition) is 0. The number of hydrogen-bond donors (Lipinski definition) is 0. The molecule has 190 valence electrons. The fourth-order valence-corrected chi connectivity index (χ4v) is 5.08. The Morgan fingerprint density at radius 1 is 0.405 bits per heavy atom. The zero-order valence-electron chi connectivity index (χ0n) is 18.7. The highest BCUT2D eigenvalue weighted by atomic mass is 19.2. The molecule has 0 fully saturated rings. The maximum atomic E-state index is 15.5. The quantitative estimate of drug-likeness (QED) is 0.124.